The first-order valence-electron chi connectivity index (χ1n) is 9.70. The molecule has 0 atom stereocenters. The van der Waals surface area contributed by atoms with Crippen LogP contribution in [0.4, 0.5) is 5.82 Å². The average Bonchev–Trinajstić information content (AvgIpc) is 3.34. The number of pyridine rings is 1. The van der Waals surface area contributed by atoms with Crippen molar-refractivity contribution in [2.24, 2.45) is 0 Å². The maximum atomic E-state index is 13.1. The molecular weight excluding hydrogens is 382 g/mol. The van der Waals surface area contributed by atoms with Crippen molar-refractivity contribution >= 4 is 28.0 Å². The van der Waals surface area contributed by atoms with Crippen LogP contribution in [-0.4, -0.2) is 51.4 Å². The topological polar surface area (TPSA) is 53.7 Å². The van der Waals surface area contributed by atoms with Crippen LogP contribution in [0.15, 0.2) is 60.9 Å². The highest BCUT2D eigenvalue weighted by Gasteiger charge is 2.26. The third kappa shape index (κ3) is 3.27. The number of piperazine rings is 1. The highest BCUT2D eigenvalue weighted by atomic mass is 32.1. The molecule has 0 unspecified atom stereocenters. The van der Waals surface area contributed by atoms with Crippen LogP contribution in [0.1, 0.15) is 15.4 Å². The van der Waals surface area contributed by atoms with Gasteiger partial charge in [0.2, 0.25) is 0 Å². The Bertz CT molecular complexity index is 1140. The molecule has 0 N–H and O–H groups in total. The first-order valence-corrected chi connectivity index (χ1v) is 10.5. The average molecular weight is 404 g/mol. The van der Waals surface area contributed by atoms with Gasteiger partial charge in [0.25, 0.3) is 5.91 Å². The van der Waals surface area contributed by atoms with Crippen molar-refractivity contribution in [3.05, 3.63) is 71.5 Å². The second-order valence-corrected chi connectivity index (χ2v) is 8.11. The fraction of sp³-hybridized carbons (Fsp3) is 0.227. The van der Waals surface area contributed by atoms with Gasteiger partial charge in [-0.25, -0.2) is 9.97 Å². The van der Waals surface area contributed by atoms with E-state index in [0.717, 1.165) is 45.7 Å². The van der Waals surface area contributed by atoms with Crippen LogP contribution in [0.2, 0.25) is 0 Å². The molecule has 3 aromatic heterocycles. The molecule has 1 fully saturated rings. The number of nitrogens with zero attached hydrogens (tertiary/aromatic N) is 5. The molecule has 0 aliphatic carbocycles. The van der Waals surface area contributed by atoms with Gasteiger partial charge in [-0.05, 0) is 19.1 Å². The summed E-state index contributed by atoms with van der Waals surface area (Å²) in [5.41, 5.74) is 2.97. The standard InChI is InChI=1S/C22H21N5OS/c1-16-20(29-22-24-18(15-27(16)22)17-7-3-2-4-8-17)21(28)26-13-11-25(12-14-26)19-9-5-6-10-23-19/h2-10,15H,11-14H2,1H3. The maximum Gasteiger partial charge on any atom is 0.265 e. The van der Waals surface area contributed by atoms with E-state index in [9.17, 15) is 4.79 Å². The number of anilines is 1. The van der Waals surface area contributed by atoms with Gasteiger partial charge in [-0.2, -0.15) is 0 Å². The van der Waals surface area contributed by atoms with Crippen LogP contribution >= 0.6 is 11.3 Å². The number of carbonyl (C=O) groups excluding carboxylic acids is 1. The van der Waals surface area contributed by atoms with E-state index in [-0.39, 0.29) is 5.91 Å². The first-order chi connectivity index (χ1) is 14.2. The fourth-order valence-corrected chi connectivity index (χ4v) is 4.80. The van der Waals surface area contributed by atoms with Gasteiger partial charge in [0.1, 0.15) is 10.7 Å². The highest BCUT2D eigenvalue weighted by molar-refractivity contribution is 7.19. The Balaban J connectivity index is 1.34. The molecule has 146 valence electrons. The van der Waals surface area contributed by atoms with Gasteiger partial charge in [0, 0.05) is 49.8 Å². The molecule has 0 bridgehead atoms. The first kappa shape index (κ1) is 17.9. The van der Waals surface area contributed by atoms with E-state index < -0.39 is 0 Å². The quantitative estimate of drug-likeness (QED) is 0.523. The van der Waals surface area contributed by atoms with Gasteiger partial charge in [-0.15, -0.1) is 0 Å². The van der Waals surface area contributed by atoms with Gasteiger partial charge in [0.15, 0.2) is 4.96 Å². The number of carbonyl (C=O) groups is 1. The molecule has 1 amide bonds. The molecule has 0 spiro atoms. The third-order valence-electron chi connectivity index (χ3n) is 5.36. The molecule has 1 aliphatic heterocycles. The Kier molecular flexibility index (Phi) is 4.52. The summed E-state index contributed by atoms with van der Waals surface area (Å²) in [6.45, 7) is 4.98. The van der Waals surface area contributed by atoms with Crippen molar-refractivity contribution in [3.63, 3.8) is 0 Å². The number of fused-ring (bicyclic) bond motifs is 1. The molecule has 0 radical (unpaired) electrons. The summed E-state index contributed by atoms with van der Waals surface area (Å²) in [5.74, 6) is 1.07. The van der Waals surface area contributed by atoms with E-state index in [1.54, 1.807) is 6.20 Å². The van der Waals surface area contributed by atoms with Crippen molar-refractivity contribution in [3.8, 4) is 11.3 Å². The zero-order valence-corrected chi connectivity index (χ0v) is 17.0. The van der Waals surface area contributed by atoms with E-state index in [1.165, 1.54) is 11.3 Å². The predicted molar refractivity (Wildman–Crippen MR) is 116 cm³/mol. The normalized spacial score (nSPS) is 14.5. The van der Waals surface area contributed by atoms with Crippen LogP contribution in [0.3, 0.4) is 0 Å². The number of imidazole rings is 1. The summed E-state index contributed by atoms with van der Waals surface area (Å²) in [6, 6.07) is 16.0. The lowest BCUT2D eigenvalue weighted by Gasteiger charge is -2.35. The van der Waals surface area contributed by atoms with Gasteiger partial charge in [0.05, 0.1) is 5.69 Å². The van der Waals surface area contributed by atoms with Crippen molar-refractivity contribution < 1.29 is 4.79 Å². The lowest BCUT2D eigenvalue weighted by Crippen LogP contribution is -2.49. The monoisotopic (exact) mass is 403 g/mol. The molecular formula is C22H21N5OS. The second-order valence-electron chi connectivity index (χ2n) is 7.13. The molecule has 4 aromatic rings. The van der Waals surface area contributed by atoms with E-state index in [2.05, 4.69) is 22.0 Å². The lowest BCUT2D eigenvalue weighted by molar-refractivity contribution is 0.0750. The number of rotatable bonds is 3. The summed E-state index contributed by atoms with van der Waals surface area (Å²) in [7, 11) is 0. The minimum Gasteiger partial charge on any atom is -0.353 e. The van der Waals surface area contributed by atoms with Crippen molar-refractivity contribution in [1.29, 1.82) is 0 Å². The van der Waals surface area contributed by atoms with Crippen molar-refractivity contribution in [2.75, 3.05) is 31.1 Å². The Morgan fingerprint density at radius 3 is 2.45 bits per heavy atom. The summed E-state index contributed by atoms with van der Waals surface area (Å²) in [6.07, 6.45) is 3.83. The summed E-state index contributed by atoms with van der Waals surface area (Å²) >= 11 is 1.47. The third-order valence-corrected chi connectivity index (χ3v) is 6.51. The molecule has 1 saturated heterocycles. The molecule has 7 heteroatoms. The van der Waals surface area contributed by atoms with Gasteiger partial charge in [-0.1, -0.05) is 47.7 Å². The zero-order valence-electron chi connectivity index (χ0n) is 16.2. The molecule has 1 aromatic carbocycles. The number of thiazole rings is 1. The smallest absolute Gasteiger partial charge is 0.265 e. The summed E-state index contributed by atoms with van der Waals surface area (Å²) in [4.78, 5) is 28.1. The number of hydrogen-bond donors (Lipinski definition) is 0. The van der Waals surface area contributed by atoms with Crippen LogP contribution in [0, 0.1) is 6.92 Å². The number of amides is 1. The van der Waals surface area contributed by atoms with Crippen molar-refractivity contribution in [2.45, 2.75) is 6.92 Å². The lowest BCUT2D eigenvalue weighted by atomic mass is 10.2. The molecule has 5 rings (SSSR count). The Labute approximate surface area is 173 Å². The molecule has 4 heterocycles. The Morgan fingerprint density at radius 2 is 1.76 bits per heavy atom. The van der Waals surface area contributed by atoms with Crippen LogP contribution in [0.25, 0.3) is 16.2 Å². The number of aromatic nitrogens is 3. The largest absolute Gasteiger partial charge is 0.353 e. The highest BCUT2D eigenvalue weighted by Crippen LogP contribution is 2.28. The number of aryl methyl sites for hydroxylation is 1. The van der Waals surface area contributed by atoms with E-state index >= 15 is 0 Å². The maximum absolute atomic E-state index is 13.1. The summed E-state index contributed by atoms with van der Waals surface area (Å²) in [5, 5.41) is 0. The van der Waals surface area contributed by atoms with Gasteiger partial charge >= 0.3 is 0 Å². The van der Waals surface area contributed by atoms with E-state index in [0.29, 0.717) is 13.1 Å². The zero-order chi connectivity index (χ0) is 19.8. The fourth-order valence-electron chi connectivity index (χ4n) is 3.72. The molecule has 1 aliphatic rings. The van der Waals surface area contributed by atoms with Crippen LogP contribution in [0.5, 0.6) is 0 Å². The van der Waals surface area contributed by atoms with Crippen molar-refractivity contribution in [1.82, 2.24) is 19.3 Å². The van der Waals surface area contributed by atoms with E-state index in [1.807, 2.05) is 58.8 Å². The molecule has 6 nitrogen and oxygen atoms in total. The predicted octanol–water partition coefficient (Wildman–Crippen LogP) is 3.73. The molecule has 29 heavy (non-hydrogen) atoms. The van der Waals surface area contributed by atoms with Crippen LogP contribution < -0.4 is 4.90 Å². The second kappa shape index (κ2) is 7.33. The SMILES string of the molecule is Cc1c(C(=O)N2CCN(c3ccccn3)CC2)sc2nc(-c3ccccc3)cn12. The Morgan fingerprint density at radius 1 is 1.00 bits per heavy atom. The van der Waals surface area contributed by atoms with Crippen LogP contribution in [-0.2, 0) is 0 Å². The Hall–Kier alpha value is -3.19. The minimum atomic E-state index is 0.0972. The number of benzene rings is 1. The van der Waals surface area contributed by atoms with Gasteiger partial charge in [-0.3, -0.25) is 9.20 Å². The number of hydrogen-bond acceptors (Lipinski definition) is 5. The minimum absolute atomic E-state index is 0.0972. The molecule has 0 saturated carbocycles. The van der Waals surface area contributed by atoms with Gasteiger partial charge < -0.3 is 9.80 Å². The van der Waals surface area contributed by atoms with E-state index in [4.69, 9.17) is 4.98 Å². The summed E-state index contributed by atoms with van der Waals surface area (Å²) < 4.78 is 2.03.